The Labute approximate surface area is 123 Å². The molecule has 108 valence electrons. The van der Waals surface area contributed by atoms with Crippen LogP contribution in [0.1, 0.15) is 23.5 Å². The van der Waals surface area contributed by atoms with Gasteiger partial charge in [0.05, 0.1) is 11.4 Å². The van der Waals surface area contributed by atoms with Gasteiger partial charge >= 0.3 is 0 Å². The molecule has 0 fully saturated rings. The minimum Gasteiger partial charge on any atom is -0.348 e. The highest BCUT2D eigenvalue weighted by Crippen LogP contribution is 2.10. The Morgan fingerprint density at radius 3 is 2.58 bits per heavy atom. The molecule has 0 atom stereocenters. The molecular formula is C12H20ClN3O2S. The lowest BCUT2D eigenvalue weighted by atomic mass is 10.1. The second kappa shape index (κ2) is 7.47. The van der Waals surface area contributed by atoms with Crippen LogP contribution in [0.2, 0.25) is 0 Å². The Balaban J connectivity index is 0.00000324. The number of amides is 2. The smallest absolute Gasteiger partial charge is 0.264 e. The van der Waals surface area contributed by atoms with E-state index in [0.717, 1.165) is 0 Å². The number of hydrogen-bond donors (Lipinski definition) is 2. The van der Waals surface area contributed by atoms with Gasteiger partial charge < -0.3 is 16.0 Å². The molecule has 0 aliphatic heterocycles. The molecule has 0 saturated carbocycles. The Hall–Kier alpha value is -1.11. The van der Waals surface area contributed by atoms with Crippen molar-refractivity contribution in [3.8, 4) is 0 Å². The standard InChI is InChI=1S/C12H19N3O2S.ClH/c1-12(2,8-13)14-10(16)7-15(3)11(17)9-5-4-6-18-9;/h4-6H,7-8,13H2,1-3H3,(H,14,16);1H. The van der Waals surface area contributed by atoms with Gasteiger partial charge in [0.15, 0.2) is 0 Å². The highest BCUT2D eigenvalue weighted by Gasteiger charge is 2.21. The third kappa shape index (κ3) is 5.59. The maximum absolute atomic E-state index is 11.9. The lowest BCUT2D eigenvalue weighted by Gasteiger charge is -2.25. The van der Waals surface area contributed by atoms with E-state index in [9.17, 15) is 9.59 Å². The van der Waals surface area contributed by atoms with Gasteiger partial charge in [-0.3, -0.25) is 9.59 Å². The highest BCUT2D eigenvalue weighted by atomic mass is 35.5. The molecule has 0 radical (unpaired) electrons. The fourth-order valence-electron chi connectivity index (χ4n) is 1.34. The minimum atomic E-state index is -0.454. The summed E-state index contributed by atoms with van der Waals surface area (Å²) in [5, 5.41) is 4.61. The molecule has 0 aliphatic carbocycles. The topological polar surface area (TPSA) is 75.4 Å². The van der Waals surface area contributed by atoms with E-state index in [4.69, 9.17) is 5.73 Å². The number of carbonyl (C=O) groups is 2. The normalized spacial score (nSPS) is 10.5. The summed E-state index contributed by atoms with van der Waals surface area (Å²) in [6.45, 7) is 4.06. The van der Waals surface area contributed by atoms with Crippen LogP contribution >= 0.6 is 23.7 Å². The zero-order chi connectivity index (χ0) is 13.8. The monoisotopic (exact) mass is 305 g/mol. The van der Waals surface area contributed by atoms with Crippen molar-refractivity contribution in [1.29, 1.82) is 0 Å². The number of thiophene rings is 1. The Morgan fingerprint density at radius 1 is 1.47 bits per heavy atom. The number of hydrogen-bond acceptors (Lipinski definition) is 4. The van der Waals surface area contributed by atoms with Gasteiger partial charge in [-0.1, -0.05) is 6.07 Å². The molecule has 3 N–H and O–H groups in total. The van der Waals surface area contributed by atoms with Gasteiger partial charge in [-0.25, -0.2) is 0 Å². The first-order chi connectivity index (χ1) is 8.35. The van der Waals surface area contributed by atoms with Crippen LogP contribution in [0.3, 0.4) is 0 Å². The molecule has 0 aliphatic rings. The van der Waals surface area contributed by atoms with Crippen molar-refractivity contribution >= 4 is 35.6 Å². The summed E-state index contributed by atoms with van der Waals surface area (Å²) in [6.07, 6.45) is 0. The quantitative estimate of drug-likeness (QED) is 0.855. The van der Waals surface area contributed by atoms with Crippen molar-refractivity contribution in [2.75, 3.05) is 20.1 Å². The summed E-state index contributed by atoms with van der Waals surface area (Å²) in [6, 6.07) is 3.55. The third-order valence-electron chi connectivity index (χ3n) is 2.45. The minimum absolute atomic E-state index is 0. The number of nitrogens with one attached hydrogen (secondary N) is 1. The van der Waals surface area contributed by atoms with Crippen molar-refractivity contribution in [2.24, 2.45) is 5.73 Å². The van der Waals surface area contributed by atoms with Crippen molar-refractivity contribution < 1.29 is 9.59 Å². The van der Waals surface area contributed by atoms with Crippen LogP contribution in [-0.4, -0.2) is 42.4 Å². The number of nitrogens with zero attached hydrogens (tertiary/aromatic N) is 1. The number of carbonyl (C=O) groups excluding carboxylic acids is 2. The predicted octanol–water partition coefficient (Wildman–Crippen LogP) is 1.10. The molecule has 1 heterocycles. The second-order valence-corrected chi connectivity index (χ2v) is 5.72. The molecular weight excluding hydrogens is 286 g/mol. The molecule has 2 amide bonds. The van der Waals surface area contributed by atoms with Gasteiger partial charge in [0.2, 0.25) is 5.91 Å². The molecule has 0 saturated heterocycles. The molecule has 1 aromatic heterocycles. The fraction of sp³-hybridized carbons (Fsp3) is 0.500. The average Bonchev–Trinajstić information content (AvgIpc) is 2.80. The van der Waals surface area contributed by atoms with Gasteiger partial charge in [-0.2, -0.15) is 0 Å². The van der Waals surface area contributed by atoms with E-state index >= 15 is 0 Å². The third-order valence-corrected chi connectivity index (χ3v) is 3.31. The van der Waals surface area contributed by atoms with Crippen LogP contribution in [-0.2, 0) is 4.79 Å². The first-order valence-corrected chi connectivity index (χ1v) is 6.54. The van der Waals surface area contributed by atoms with Crippen LogP contribution in [0, 0.1) is 0 Å². The largest absolute Gasteiger partial charge is 0.348 e. The number of nitrogens with two attached hydrogens (primary N) is 1. The molecule has 0 unspecified atom stereocenters. The van der Waals surface area contributed by atoms with E-state index in [2.05, 4.69) is 5.32 Å². The Morgan fingerprint density at radius 2 is 2.11 bits per heavy atom. The molecule has 0 bridgehead atoms. The van der Waals surface area contributed by atoms with Crippen molar-refractivity contribution in [3.05, 3.63) is 22.4 Å². The van der Waals surface area contributed by atoms with E-state index < -0.39 is 5.54 Å². The zero-order valence-corrected chi connectivity index (χ0v) is 12.9. The maximum atomic E-state index is 11.9. The number of rotatable bonds is 5. The van der Waals surface area contributed by atoms with Crippen LogP contribution < -0.4 is 11.1 Å². The summed E-state index contributed by atoms with van der Waals surface area (Å²) in [5.41, 5.74) is 5.07. The molecule has 19 heavy (non-hydrogen) atoms. The van der Waals surface area contributed by atoms with Crippen LogP contribution in [0.4, 0.5) is 0 Å². The number of halogens is 1. The predicted molar refractivity (Wildman–Crippen MR) is 79.8 cm³/mol. The maximum Gasteiger partial charge on any atom is 0.264 e. The molecule has 7 heteroatoms. The van der Waals surface area contributed by atoms with Crippen LogP contribution in [0.25, 0.3) is 0 Å². The Kier molecular flexibility index (Phi) is 7.04. The van der Waals surface area contributed by atoms with Gasteiger partial charge in [0, 0.05) is 19.1 Å². The summed E-state index contributed by atoms with van der Waals surface area (Å²) < 4.78 is 0. The molecule has 1 aromatic rings. The van der Waals surface area contributed by atoms with Gasteiger partial charge in [0.25, 0.3) is 5.91 Å². The molecule has 0 aromatic carbocycles. The summed E-state index contributed by atoms with van der Waals surface area (Å²) in [7, 11) is 1.61. The molecule has 5 nitrogen and oxygen atoms in total. The van der Waals surface area contributed by atoms with Crippen molar-refractivity contribution in [1.82, 2.24) is 10.2 Å². The van der Waals surface area contributed by atoms with Gasteiger partial charge in [-0.15, -0.1) is 23.7 Å². The fourth-order valence-corrected chi connectivity index (χ4v) is 2.06. The van der Waals surface area contributed by atoms with E-state index in [1.54, 1.807) is 13.1 Å². The first-order valence-electron chi connectivity index (χ1n) is 5.66. The summed E-state index contributed by atoms with van der Waals surface area (Å²) >= 11 is 1.36. The first kappa shape index (κ1) is 17.9. The molecule has 0 spiro atoms. The van der Waals surface area contributed by atoms with E-state index in [0.29, 0.717) is 11.4 Å². The summed E-state index contributed by atoms with van der Waals surface area (Å²) in [4.78, 5) is 25.7. The zero-order valence-electron chi connectivity index (χ0n) is 11.3. The lowest BCUT2D eigenvalue weighted by molar-refractivity contribution is -0.123. The lowest BCUT2D eigenvalue weighted by Crippen LogP contribution is -2.51. The SMILES string of the molecule is CN(CC(=O)NC(C)(C)CN)C(=O)c1cccs1.Cl. The van der Waals surface area contributed by atoms with E-state index in [-0.39, 0.29) is 30.8 Å². The van der Waals surface area contributed by atoms with Crippen molar-refractivity contribution in [2.45, 2.75) is 19.4 Å². The van der Waals surface area contributed by atoms with E-state index in [1.807, 2.05) is 25.3 Å². The van der Waals surface area contributed by atoms with E-state index in [1.165, 1.54) is 16.2 Å². The average molecular weight is 306 g/mol. The summed E-state index contributed by atoms with van der Waals surface area (Å²) in [5.74, 6) is -0.358. The number of likely N-dealkylation sites (N-methyl/N-ethyl adjacent to an activating group) is 1. The highest BCUT2D eigenvalue weighted by molar-refractivity contribution is 7.12. The van der Waals surface area contributed by atoms with Crippen LogP contribution in [0.5, 0.6) is 0 Å². The van der Waals surface area contributed by atoms with Gasteiger partial charge in [-0.05, 0) is 25.3 Å². The Bertz CT molecular complexity index is 421. The van der Waals surface area contributed by atoms with Crippen LogP contribution in [0.15, 0.2) is 17.5 Å². The van der Waals surface area contributed by atoms with Gasteiger partial charge in [0.1, 0.15) is 0 Å². The second-order valence-electron chi connectivity index (χ2n) is 4.77. The molecule has 1 rings (SSSR count). The van der Waals surface area contributed by atoms with Crippen molar-refractivity contribution in [3.63, 3.8) is 0 Å².